The SMILES string of the molecule is CCCC(=O)Oc1cc2c3c(cccc3c1)C(=O)NC2=O.O=S(=O)(O)C(F)(F)F. The van der Waals surface area contributed by atoms with Crippen LogP contribution in [0.15, 0.2) is 30.3 Å². The van der Waals surface area contributed by atoms with Crippen LogP contribution in [0.4, 0.5) is 13.2 Å². The molecule has 3 rings (SSSR count). The van der Waals surface area contributed by atoms with Gasteiger partial charge in [-0.1, -0.05) is 19.1 Å². The maximum atomic E-state index is 12.0. The molecule has 0 saturated heterocycles. The van der Waals surface area contributed by atoms with Crippen molar-refractivity contribution >= 4 is 38.7 Å². The van der Waals surface area contributed by atoms with Crippen LogP contribution in [-0.4, -0.2) is 36.3 Å². The van der Waals surface area contributed by atoms with Gasteiger partial charge in [-0.05, 0) is 30.0 Å². The fourth-order valence-electron chi connectivity index (χ4n) is 2.45. The summed E-state index contributed by atoms with van der Waals surface area (Å²) in [6.07, 6.45) is 1.01. The van der Waals surface area contributed by atoms with E-state index in [1.807, 2.05) is 6.92 Å². The fraction of sp³-hybridized carbons (Fsp3) is 0.235. The van der Waals surface area contributed by atoms with E-state index in [0.29, 0.717) is 40.5 Å². The van der Waals surface area contributed by atoms with Crippen molar-refractivity contribution in [3.05, 3.63) is 41.5 Å². The van der Waals surface area contributed by atoms with Gasteiger partial charge in [0.05, 0.1) is 5.56 Å². The van der Waals surface area contributed by atoms with Gasteiger partial charge in [0.2, 0.25) is 0 Å². The fourth-order valence-corrected chi connectivity index (χ4v) is 2.45. The summed E-state index contributed by atoms with van der Waals surface area (Å²) in [7, 11) is -5.84. The van der Waals surface area contributed by atoms with E-state index in [2.05, 4.69) is 5.32 Å². The Hall–Kier alpha value is -2.99. The molecule has 0 unspecified atom stereocenters. The van der Waals surface area contributed by atoms with Crippen LogP contribution in [0.2, 0.25) is 0 Å². The summed E-state index contributed by atoms with van der Waals surface area (Å²) in [6, 6.07) is 8.35. The third-order valence-electron chi connectivity index (χ3n) is 3.64. The van der Waals surface area contributed by atoms with Crippen LogP contribution in [0.1, 0.15) is 40.5 Å². The van der Waals surface area contributed by atoms with Crippen LogP contribution in [-0.2, 0) is 14.9 Å². The molecule has 0 fully saturated rings. The van der Waals surface area contributed by atoms with Gasteiger partial charge >= 0.3 is 21.6 Å². The number of carbonyl (C=O) groups excluding carboxylic acids is 3. The molecule has 1 heterocycles. The smallest absolute Gasteiger partial charge is 0.426 e. The molecule has 1 aliphatic rings. The van der Waals surface area contributed by atoms with Crippen molar-refractivity contribution < 1.29 is 45.3 Å². The Morgan fingerprint density at radius 3 is 2.28 bits per heavy atom. The number of benzene rings is 2. The Labute approximate surface area is 162 Å². The second-order valence-electron chi connectivity index (χ2n) is 5.80. The van der Waals surface area contributed by atoms with Gasteiger partial charge in [0, 0.05) is 17.4 Å². The number of amides is 2. The van der Waals surface area contributed by atoms with Crippen molar-refractivity contribution in [3.8, 4) is 5.75 Å². The van der Waals surface area contributed by atoms with Gasteiger partial charge < -0.3 is 4.74 Å². The zero-order valence-corrected chi connectivity index (χ0v) is 15.6. The van der Waals surface area contributed by atoms with Gasteiger partial charge in [-0.25, -0.2) is 0 Å². The lowest BCUT2D eigenvalue weighted by Crippen LogP contribution is -2.34. The predicted molar refractivity (Wildman–Crippen MR) is 93.9 cm³/mol. The first-order chi connectivity index (χ1) is 13.3. The summed E-state index contributed by atoms with van der Waals surface area (Å²) < 4.78 is 62.8. The molecule has 1 aliphatic heterocycles. The Balaban J connectivity index is 0.000000321. The topological polar surface area (TPSA) is 127 Å². The molecule has 2 N–H and O–H groups in total. The van der Waals surface area contributed by atoms with Crippen LogP contribution < -0.4 is 10.1 Å². The molecule has 0 saturated carbocycles. The highest BCUT2D eigenvalue weighted by Gasteiger charge is 2.44. The van der Waals surface area contributed by atoms with Crippen molar-refractivity contribution in [1.29, 1.82) is 0 Å². The molecule has 0 atom stereocenters. The first-order valence-electron chi connectivity index (χ1n) is 8.02. The molecule has 0 radical (unpaired) electrons. The van der Waals surface area contributed by atoms with Crippen molar-refractivity contribution in [3.63, 3.8) is 0 Å². The molecule has 12 heteroatoms. The van der Waals surface area contributed by atoms with E-state index in [-0.39, 0.29) is 5.97 Å². The number of ether oxygens (including phenoxy) is 1. The highest BCUT2D eigenvalue weighted by molar-refractivity contribution is 7.86. The third kappa shape index (κ3) is 5.09. The Morgan fingerprint density at radius 1 is 1.14 bits per heavy atom. The minimum Gasteiger partial charge on any atom is -0.426 e. The molecule has 8 nitrogen and oxygen atoms in total. The summed E-state index contributed by atoms with van der Waals surface area (Å²) in [5.74, 6) is -0.906. The van der Waals surface area contributed by atoms with Gasteiger partial charge in [0.1, 0.15) is 5.75 Å². The van der Waals surface area contributed by atoms with E-state index in [9.17, 15) is 27.6 Å². The highest BCUT2D eigenvalue weighted by atomic mass is 32.2. The normalized spacial score (nSPS) is 13.4. The maximum absolute atomic E-state index is 12.0. The molecule has 2 amide bonds. The van der Waals surface area contributed by atoms with Crippen molar-refractivity contribution in [2.24, 2.45) is 0 Å². The van der Waals surface area contributed by atoms with E-state index in [0.717, 1.165) is 0 Å². The van der Waals surface area contributed by atoms with Crippen LogP contribution in [0.25, 0.3) is 10.8 Å². The molecular weight excluding hydrogens is 419 g/mol. The van der Waals surface area contributed by atoms with Crippen LogP contribution >= 0.6 is 0 Å². The Bertz CT molecular complexity index is 1090. The zero-order valence-electron chi connectivity index (χ0n) is 14.7. The van der Waals surface area contributed by atoms with E-state index < -0.39 is 27.4 Å². The van der Waals surface area contributed by atoms with Crippen molar-refractivity contribution in [2.75, 3.05) is 0 Å². The average molecular weight is 433 g/mol. The van der Waals surface area contributed by atoms with Gasteiger partial charge in [0.15, 0.2) is 0 Å². The van der Waals surface area contributed by atoms with E-state index in [1.54, 1.807) is 24.3 Å². The van der Waals surface area contributed by atoms with Crippen LogP contribution in [0.3, 0.4) is 0 Å². The number of hydrogen-bond acceptors (Lipinski definition) is 6. The number of halogens is 3. The second-order valence-corrected chi connectivity index (χ2v) is 7.22. The molecule has 2 aromatic carbocycles. The summed E-state index contributed by atoms with van der Waals surface area (Å²) in [4.78, 5) is 35.4. The molecule has 0 spiro atoms. The Kier molecular flexibility index (Phi) is 6.28. The second kappa shape index (κ2) is 8.17. The van der Waals surface area contributed by atoms with Crippen LogP contribution in [0.5, 0.6) is 5.75 Å². The highest BCUT2D eigenvalue weighted by Crippen LogP contribution is 2.31. The zero-order chi connectivity index (χ0) is 22.0. The largest absolute Gasteiger partial charge is 0.522 e. The molecule has 0 aromatic heterocycles. The average Bonchev–Trinajstić information content (AvgIpc) is 2.58. The van der Waals surface area contributed by atoms with Gasteiger partial charge in [-0.15, -0.1) is 0 Å². The molecule has 2 aromatic rings. The molecule has 0 aliphatic carbocycles. The standard InChI is InChI=1S/C16H13NO4.CHF3O3S/c1-2-4-13(18)21-10-7-9-5-3-6-11-14(9)12(8-10)16(20)17-15(11)19;2-1(3,4)8(5,6)7/h3,5-8H,2,4H2,1H3,(H,17,19,20);(H,5,6,7). The van der Waals surface area contributed by atoms with Gasteiger partial charge in [-0.2, -0.15) is 21.6 Å². The number of rotatable bonds is 3. The van der Waals surface area contributed by atoms with E-state index in [1.165, 1.54) is 6.07 Å². The number of esters is 1. The lowest BCUT2D eigenvalue weighted by molar-refractivity contribution is -0.134. The van der Waals surface area contributed by atoms with Gasteiger partial charge in [0.25, 0.3) is 11.8 Å². The third-order valence-corrected chi connectivity index (χ3v) is 4.23. The number of alkyl halides is 3. The van der Waals surface area contributed by atoms with Crippen molar-refractivity contribution in [1.82, 2.24) is 5.32 Å². The number of nitrogens with one attached hydrogen (secondary N) is 1. The van der Waals surface area contributed by atoms with Crippen molar-refractivity contribution in [2.45, 2.75) is 25.3 Å². The molecule has 156 valence electrons. The molecule has 0 bridgehead atoms. The number of imide groups is 1. The number of carbonyl (C=O) groups is 3. The van der Waals surface area contributed by atoms with E-state index >= 15 is 0 Å². The summed E-state index contributed by atoms with van der Waals surface area (Å²) in [5.41, 5.74) is -4.73. The van der Waals surface area contributed by atoms with Crippen LogP contribution in [0, 0.1) is 0 Å². The minimum atomic E-state index is -5.84. The number of hydrogen-bond donors (Lipinski definition) is 2. The van der Waals surface area contributed by atoms with E-state index in [4.69, 9.17) is 17.7 Å². The summed E-state index contributed by atoms with van der Waals surface area (Å²) >= 11 is 0. The minimum absolute atomic E-state index is 0.317. The monoisotopic (exact) mass is 433 g/mol. The van der Waals surface area contributed by atoms with Gasteiger partial charge in [-0.3, -0.25) is 24.3 Å². The first kappa shape index (κ1) is 22.3. The Morgan fingerprint density at radius 2 is 1.72 bits per heavy atom. The lowest BCUT2D eigenvalue weighted by atomic mass is 9.95. The molecule has 29 heavy (non-hydrogen) atoms. The lowest BCUT2D eigenvalue weighted by Gasteiger charge is -2.17. The summed E-state index contributed by atoms with van der Waals surface area (Å²) in [6.45, 7) is 1.89. The quantitative estimate of drug-likeness (QED) is 0.251. The maximum Gasteiger partial charge on any atom is 0.522 e. The first-order valence-corrected chi connectivity index (χ1v) is 9.46. The predicted octanol–water partition coefficient (Wildman–Crippen LogP) is 2.82. The molecular formula is C17H14F3NO7S. The summed E-state index contributed by atoms with van der Waals surface area (Å²) in [5, 5.41) is 3.58.